The Morgan fingerprint density at radius 1 is 1.53 bits per heavy atom. The number of nitrogens with one attached hydrogen (secondary N) is 2. The SMILES string of the molecule is O=C(NC1CCCNC1)c1cc(Br)ccc1Cl. The predicted molar refractivity (Wildman–Crippen MR) is 72.5 cm³/mol. The average Bonchev–Trinajstić information content (AvgIpc) is 2.33. The van der Waals surface area contributed by atoms with Crippen LogP contribution in [0.4, 0.5) is 0 Å². The van der Waals surface area contributed by atoms with E-state index in [1.54, 1.807) is 12.1 Å². The summed E-state index contributed by atoms with van der Waals surface area (Å²) in [5.74, 6) is -0.106. The molecule has 0 bridgehead atoms. The van der Waals surface area contributed by atoms with E-state index in [1.165, 1.54) is 0 Å². The molecule has 0 saturated carbocycles. The molecule has 0 aromatic heterocycles. The van der Waals surface area contributed by atoms with Gasteiger partial charge in [0.2, 0.25) is 0 Å². The normalized spacial score (nSPS) is 20.0. The second kappa shape index (κ2) is 5.85. The summed E-state index contributed by atoms with van der Waals surface area (Å²) in [4.78, 5) is 12.0. The fraction of sp³-hybridized carbons (Fsp3) is 0.417. The molecule has 1 amide bonds. The molecule has 1 aliphatic rings. The van der Waals surface area contributed by atoms with Crippen molar-refractivity contribution in [2.45, 2.75) is 18.9 Å². The lowest BCUT2D eigenvalue weighted by atomic mass is 10.1. The average molecular weight is 318 g/mol. The minimum absolute atomic E-state index is 0.106. The summed E-state index contributed by atoms with van der Waals surface area (Å²) >= 11 is 9.35. The Labute approximate surface area is 114 Å². The van der Waals surface area contributed by atoms with E-state index in [0.717, 1.165) is 30.4 Å². The lowest BCUT2D eigenvalue weighted by molar-refractivity contribution is 0.0931. The van der Waals surface area contributed by atoms with Crippen LogP contribution in [0, 0.1) is 0 Å². The maximum absolute atomic E-state index is 12.0. The van der Waals surface area contributed by atoms with Gasteiger partial charge in [0.15, 0.2) is 0 Å². The molecule has 1 aromatic rings. The van der Waals surface area contributed by atoms with Gasteiger partial charge < -0.3 is 10.6 Å². The van der Waals surface area contributed by atoms with Gasteiger partial charge in [-0.3, -0.25) is 4.79 Å². The molecule has 1 fully saturated rings. The molecule has 2 N–H and O–H groups in total. The summed E-state index contributed by atoms with van der Waals surface area (Å²) in [5.41, 5.74) is 0.520. The smallest absolute Gasteiger partial charge is 0.253 e. The van der Waals surface area contributed by atoms with Crippen LogP contribution in [0.1, 0.15) is 23.2 Å². The Morgan fingerprint density at radius 3 is 3.06 bits per heavy atom. The number of halogens is 2. The Balaban J connectivity index is 2.05. The number of rotatable bonds is 2. The van der Waals surface area contributed by atoms with E-state index in [2.05, 4.69) is 26.6 Å². The van der Waals surface area contributed by atoms with Crippen molar-refractivity contribution in [3.63, 3.8) is 0 Å². The van der Waals surface area contributed by atoms with Crippen molar-refractivity contribution in [3.05, 3.63) is 33.3 Å². The summed E-state index contributed by atoms with van der Waals surface area (Å²) in [7, 11) is 0. The topological polar surface area (TPSA) is 41.1 Å². The molecular weight excluding hydrogens is 304 g/mol. The van der Waals surface area contributed by atoms with E-state index < -0.39 is 0 Å². The lowest BCUT2D eigenvalue weighted by Gasteiger charge is -2.24. The first kappa shape index (κ1) is 12.9. The molecule has 1 heterocycles. The molecule has 1 unspecified atom stereocenters. The zero-order valence-corrected chi connectivity index (χ0v) is 11.6. The zero-order valence-electron chi connectivity index (χ0n) is 9.30. The maximum atomic E-state index is 12.0. The van der Waals surface area contributed by atoms with E-state index in [1.807, 2.05) is 6.07 Å². The Bertz CT molecular complexity index is 419. The van der Waals surface area contributed by atoms with Gasteiger partial charge in [-0.15, -0.1) is 0 Å². The second-order valence-corrected chi connectivity index (χ2v) is 5.46. The first-order chi connectivity index (χ1) is 8.16. The van der Waals surface area contributed by atoms with Crippen LogP contribution in [-0.4, -0.2) is 25.0 Å². The van der Waals surface area contributed by atoms with Crippen molar-refractivity contribution in [1.82, 2.24) is 10.6 Å². The number of hydrogen-bond donors (Lipinski definition) is 2. The minimum atomic E-state index is -0.106. The highest BCUT2D eigenvalue weighted by molar-refractivity contribution is 9.10. The second-order valence-electron chi connectivity index (χ2n) is 4.14. The molecule has 1 aliphatic heterocycles. The summed E-state index contributed by atoms with van der Waals surface area (Å²) in [5, 5.41) is 6.74. The van der Waals surface area contributed by atoms with E-state index in [-0.39, 0.29) is 11.9 Å². The highest BCUT2D eigenvalue weighted by atomic mass is 79.9. The molecule has 0 spiro atoms. The molecular formula is C12H14BrClN2O. The van der Waals surface area contributed by atoms with Crippen LogP contribution < -0.4 is 10.6 Å². The quantitative estimate of drug-likeness (QED) is 0.880. The van der Waals surface area contributed by atoms with Crippen LogP contribution in [0.3, 0.4) is 0 Å². The van der Waals surface area contributed by atoms with Crippen LogP contribution in [0.5, 0.6) is 0 Å². The van der Waals surface area contributed by atoms with Crippen LogP contribution in [-0.2, 0) is 0 Å². The van der Waals surface area contributed by atoms with Gasteiger partial charge in [0.05, 0.1) is 10.6 Å². The van der Waals surface area contributed by atoms with Crippen molar-refractivity contribution in [2.24, 2.45) is 0 Å². The first-order valence-corrected chi connectivity index (χ1v) is 6.80. The van der Waals surface area contributed by atoms with Crippen LogP contribution in [0.15, 0.2) is 22.7 Å². The van der Waals surface area contributed by atoms with Gasteiger partial charge in [0, 0.05) is 17.1 Å². The summed E-state index contributed by atoms with van der Waals surface area (Å²) < 4.78 is 0.855. The molecule has 3 nitrogen and oxygen atoms in total. The number of amides is 1. The molecule has 0 radical (unpaired) electrons. The fourth-order valence-corrected chi connectivity index (χ4v) is 2.47. The van der Waals surface area contributed by atoms with Crippen molar-refractivity contribution in [1.29, 1.82) is 0 Å². The molecule has 1 saturated heterocycles. The standard InChI is InChI=1S/C12H14BrClN2O/c13-8-3-4-11(14)10(6-8)12(17)16-9-2-1-5-15-7-9/h3-4,6,9,15H,1-2,5,7H2,(H,16,17). The van der Waals surface area contributed by atoms with Gasteiger partial charge in [-0.25, -0.2) is 0 Å². The molecule has 92 valence electrons. The van der Waals surface area contributed by atoms with Crippen LogP contribution in [0.25, 0.3) is 0 Å². The lowest BCUT2D eigenvalue weighted by Crippen LogP contribution is -2.45. The Morgan fingerprint density at radius 2 is 2.35 bits per heavy atom. The third-order valence-corrected chi connectivity index (χ3v) is 3.63. The highest BCUT2D eigenvalue weighted by Crippen LogP contribution is 2.21. The zero-order chi connectivity index (χ0) is 12.3. The maximum Gasteiger partial charge on any atom is 0.253 e. The highest BCUT2D eigenvalue weighted by Gasteiger charge is 2.18. The Hall–Kier alpha value is -0.580. The number of carbonyl (C=O) groups is 1. The number of piperidine rings is 1. The van der Waals surface area contributed by atoms with Gasteiger partial charge in [0.25, 0.3) is 5.91 Å². The summed E-state index contributed by atoms with van der Waals surface area (Å²) in [6.45, 7) is 1.86. The van der Waals surface area contributed by atoms with Gasteiger partial charge >= 0.3 is 0 Å². The molecule has 5 heteroatoms. The molecule has 2 rings (SSSR count). The summed E-state index contributed by atoms with van der Waals surface area (Å²) in [6, 6.07) is 5.49. The van der Waals surface area contributed by atoms with Crippen LogP contribution >= 0.6 is 27.5 Å². The molecule has 0 aliphatic carbocycles. The van der Waals surface area contributed by atoms with E-state index >= 15 is 0 Å². The van der Waals surface area contributed by atoms with Gasteiger partial charge in [-0.05, 0) is 37.6 Å². The number of hydrogen-bond acceptors (Lipinski definition) is 2. The number of carbonyl (C=O) groups excluding carboxylic acids is 1. The minimum Gasteiger partial charge on any atom is -0.348 e. The Kier molecular flexibility index (Phi) is 4.42. The number of benzene rings is 1. The predicted octanol–water partition coefficient (Wildman–Crippen LogP) is 2.58. The molecule has 1 aromatic carbocycles. The van der Waals surface area contributed by atoms with Crippen molar-refractivity contribution < 1.29 is 4.79 Å². The van der Waals surface area contributed by atoms with Crippen molar-refractivity contribution >= 4 is 33.4 Å². The van der Waals surface area contributed by atoms with Gasteiger partial charge in [-0.1, -0.05) is 27.5 Å². The third kappa shape index (κ3) is 3.44. The summed E-state index contributed by atoms with van der Waals surface area (Å²) in [6.07, 6.45) is 2.11. The van der Waals surface area contributed by atoms with Crippen molar-refractivity contribution in [3.8, 4) is 0 Å². The fourth-order valence-electron chi connectivity index (χ4n) is 1.91. The monoisotopic (exact) mass is 316 g/mol. The van der Waals surface area contributed by atoms with E-state index in [4.69, 9.17) is 11.6 Å². The van der Waals surface area contributed by atoms with E-state index in [0.29, 0.717) is 10.6 Å². The van der Waals surface area contributed by atoms with Crippen LogP contribution in [0.2, 0.25) is 5.02 Å². The molecule has 17 heavy (non-hydrogen) atoms. The third-order valence-electron chi connectivity index (χ3n) is 2.81. The van der Waals surface area contributed by atoms with Gasteiger partial charge in [0.1, 0.15) is 0 Å². The van der Waals surface area contributed by atoms with E-state index in [9.17, 15) is 4.79 Å². The van der Waals surface area contributed by atoms with Gasteiger partial charge in [-0.2, -0.15) is 0 Å². The largest absolute Gasteiger partial charge is 0.348 e. The van der Waals surface area contributed by atoms with Crippen molar-refractivity contribution in [2.75, 3.05) is 13.1 Å². The first-order valence-electron chi connectivity index (χ1n) is 5.63. The molecule has 1 atom stereocenters.